The van der Waals surface area contributed by atoms with Gasteiger partial charge in [0, 0.05) is 55.0 Å². The molecule has 12 nitrogen and oxygen atoms in total. The number of hydrogen-bond acceptors (Lipinski definition) is 10. The molecule has 3 saturated carbocycles. The first-order chi connectivity index (χ1) is 22.1. The molecule has 13 heteroatoms. The Balaban J connectivity index is 1.45. The number of sulfonamides is 1. The van der Waals surface area contributed by atoms with Gasteiger partial charge in [-0.25, -0.2) is 13.1 Å². The molecule has 258 valence electrons. The van der Waals surface area contributed by atoms with E-state index in [-0.39, 0.29) is 42.6 Å². The Bertz CT molecular complexity index is 1610. The number of nitrogens with zero attached hydrogens (tertiary/aromatic N) is 2. The van der Waals surface area contributed by atoms with Crippen LogP contribution in [-0.2, 0) is 26.2 Å². The lowest BCUT2D eigenvalue weighted by molar-refractivity contribution is -0.175. The molecule has 5 N–H and O–H groups in total. The van der Waals surface area contributed by atoms with Crippen LogP contribution in [0, 0.1) is 29.1 Å². The summed E-state index contributed by atoms with van der Waals surface area (Å²) in [4.78, 5) is 34.9. The van der Waals surface area contributed by atoms with Crippen molar-refractivity contribution in [2.24, 2.45) is 34.8 Å². The number of rotatable bonds is 11. The fraction of sp³-hybridized carbons (Fsp3) is 0.588. The minimum Gasteiger partial charge on any atom is -0.496 e. The van der Waals surface area contributed by atoms with Gasteiger partial charge < -0.3 is 25.8 Å². The number of nitrogens with two attached hydrogens (primary N) is 1. The predicted octanol–water partition coefficient (Wildman–Crippen LogP) is 2.36. The Morgan fingerprint density at radius 1 is 1.19 bits per heavy atom. The van der Waals surface area contributed by atoms with E-state index >= 15 is 0 Å². The molecule has 4 fully saturated rings. The monoisotopic (exact) mass is 671 g/mol. The fourth-order valence-electron chi connectivity index (χ4n) is 7.97. The molecule has 4 aliphatic rings. The highest BCUT2D eigenvalue weighted by atomic mass is 32.2. The van der Waals surface area contributed by atoms with Crippen molar-refractivity contribution < 1.29 is 32.7 Å². The number of carbonyl (C=O) groups excluding carboxylic acids is 2. The molecule has 2 aromatic rings. The van der Waals surface area contributed by atoms with Crippen LogP contribution in [0.15, 0.2) is 36.4 Å². The SMILES string of the molecule is COc1c(CN2O[C@@H](CN)[C@@H](CO)[C@H]2C(=O)N[C@H]2C[C@H]3C[C@H]([C@@H]2C)C3(C)C)cccc1-c1cc(C(=O)NS(C)(=O)=O)cc(N(C)C)c1. The second-order valence-corrected chi connectivity index (χ2v) is 15.9. The summed E-state index contributed by atoms with van der Waals surface area (Å²) >= 11 is 0. The summed E-state index contributed by atoms with van der Waals surface area (Å²) in [5.74, 6) is 0.517. The van der Waals surface area contributed by atoms with Crippen molar-refractivity contribution in [3.8, 4) is 16.9 Å². The van der Waals surface area contributed by atoms with Crippen LogP contribution in [0.4, 0.5) is 5.69 Å². The third-order valence-corrected chi connectivity index (χ3v) is 11.3. The summed E-state index contributed by atoms with van der Waals surface area (Å²) in [7, 11) is 1.41. The number of aliphatic hydroxyl groups is 1. The normalized spacial score (nSPS) is 28.3. The third-order valence-electron chi connectivity index (χ3n) is 10.8. The van der Waals surface area contributed by atoms with E-state index in [9.17, 15) is 23.1 Å². The molecule has 2 aromatic carbocycles. The molecule has 7 atom stereocenters. The molecule has 6 rings (SSSR count). The summed E-state index contributed by atoms with van der Waals surface area (Å²) in [6.45, 7) is 6.90. The first-order valence-electron chi connectivity index (χ1n) is 16.1. The van der Waals surface area contributed by atoms with Crippen molar-refractivity contribution in [2.45, 2.75) is 58.3 Å². The molecule has 1 saturated heterocycles. The minimum atomic E-state index is -3.78. The van der Waals surface area contributed by atoms with Crippen molar-refractivity contribution >= 4 is 27.5 Å². The van der Waals surface area contributed by atoms with Gasteiger partial charge in [-0.2, -0.15) is 5.06 Å². The van der Waals surface area contributed by atoms with Crippen LogP contribution in [0.5, 0.6) is 5.75 Å². The number of aliphatic hydroxyl groups excluding tert-OH is 1. The Hall–Kier alpha value is -3.23. The van der Waals surface area contributed by atoms with Crippen LogP contribution in [0.2, 0.25) is 0 Å². The lowest BCUT2D eigenvalue weighted by Gasteiger charge is -2.62. The number of hydrogen-bond donors (Lipinski definition) is 4. The molecule has 0 radical (unpaired) electrons. The summed E-state index contributed by atoms with van der Waals surface area (Å²) < 4.78 is 31.6. The number of amides is 2. The Labute approximate surface area is 278 Å². The van der Waals surface area contributed by atoms with Crippen LogP contribution in [0.25, 0.3) is 11.1 Å². The van der Waals surface area contributed by atoms with Gasteiger partial charge in [-0.3, -0.25) is 14.4 Å². The zero-order valence-corrected chi connectivity index (χ0v) is 29.1. The average molecular weight is 672 g/mol. The van der Waals surface area contributed by atoms with Gasteiger partial charge >= 0.3 is 0 Å². The maximum absolute atomic E-state index is 14.0. The molecule has 0 unspecified atom stereocenters. The van der Waals surface area contributed by atoms with E-state index < -0.39 is 34.0 Å². The van der Waals surface area contributed by atoms with Crippen molar-refractivity contribution in [1.29, 1.82) is 0 Å². The van der Waals surface area contributed by atoms with E-state index in [1.54, 1.807) is 24.3 Å². The second kappa shape index (κ2) is 13.3. The molecule has 47 heavy (non-hydrogen) atoms. The Kier molecular flexibility index (Phi) is 9.96. The topological polar surface area (TPSA) is 164 Å². The second-order valence-electron chi connectivity index (χ2n) is 14.2. The summed E-state index contributed by atoms with van der Waals surface area (Å²) in [5, 5.41) is 15.3. The number of anilines is 1. The fourth-order valence-corrected chi connectivity index (χ4v) is 8.42. The van der Waals surface area contributed by atoms with Gasteiger partial charge in [0.1, 0.15) is 11.8 Å². The van der Waals surface area contributed by atoms with Crippen molar-refractivity contribution in [3.63, 3.8) is 0 Å². The van der Waals surface area contributed by atoms with E-state index in [1.807, 2.05) is 48.0 Å². The highest BCUT2D eigenvalue weighted by Gasteiger charge is 2.57. The van der Waals surface area contributed by atoms with E-state index in [1.165, 1.54) is 6.42 Å². The van der Waals surface area contributed by atoms with Gasteiger partial charge in [-0.1, -0.05) is 39.0 Å². The van der Waals surface area contributed by atoms with E-state index in [0.29, 0.717) is 45.9 Å². The van der Waals surface area contributed by atoms with Gasteiger partial charge in [0.2, 0.25) is 15.9 Å². The lowest BCUT2D eigenvalue weighted by atomic mass is 9.45. The molecular weight excluding hydrogens is 622 g/mol. The van der Waals surface area contributed by atoms with Crippen LogP contribution in [0.1, 0.15) is 49.5 Å². The number of methoxy groups -OCH3 is 1. The highest BCUT2D eigenvalue weighted by Crippen LogP contribution is 2.61. The van der Waals surface area contributed by atoms with E-state index in [0.717, 1.165) is 12.7 Å². The van der Waals surface area contributed by atoms with Crippen LogP contribution in [0.3, 0.4) is 0 Å². The van der Waals surface area contributed by atoms with Gasteiger partial charge in [0.15, 0.2) is 0 Å². The van der Waals surface area contributed by atoms with Gasteiger partial charge in [0.05, 0.1) is 32.6 Å². The summed E-state index contributed by atoms with van der Waals surface area (Å²) in [6, 6.07) is 9.94. The van der Waals surface area contributed by atoms with Crippen LogP contribution < -0.4 is 25.4 Å². The van der Waals surface area contributed by atoms with Crippen LogP contribution in [-0.4, -0.2) is 89.2 Å². The van der Waals surface area contributed by atoms with Crippen molar-refractivity contribution in [2.75, 3.05) is 45.5 Å². The van der Waals surface area contributed by atoms with Crippen molar-refractivity contribution in [1.82, 2.24) is 15.1 Å². The average Bonchev–Trinajstić information content (AvgIpc) is 3.37. The zero-order valence-electron chi connectivity index (χ0n) is 28.3. The molecule has 0 aromatic heterocycles. The molecule has 1 aliphatic heterocycles. The zero-order chi connectivity index (χ0) is 34.4. The van der Waals surface area contributed by atoms with Crippen molar-refractivity contribution in [3.05, 3.63) is 47.5 Å². The third kappa shape index (κ3) is 6.86. The number of ether oxygens (including phenoxy) is 1. The maximum Gasteiger partial charge on any atom is 0.264 e. The molecule has 3 aliphatic carbocycles. The first kappa shape index (κ1) is 35.1. The highest BCUT2D eigenvalue weighted by molar-refractivity contribution is 7.89. The van der Waals surface area contributed by atoms with E-state index in [4.69, 9.17) is 15.3 Å². The van der Waals surface area contributed by atoms with Gasteiger partial charge in [-0.05, 0) is 59.8 Å². The molecule has 2 bridgehead atoms. The number of benzene rings is 2. The number of para-hydroxylation sites is 1. The molecular formula is C34H49N5O7S. The molecule has 0 spiro atoms. The number of hydroxylamine groups is 2. The summed E-state index contributed by atoms with van der Waals surface area (Å²) in [5.41, 5.74) is 9.19. The number of nitrogens with one attached hydrogen (secondary N) is 2. The summed E-state index contributed by atoms with van der Waals surface area (Å²) in [6.07, 6.45) is 2.51. The standard InChI is InChI=1S/C34H49N5O7S/c1-19-27-14-23(34(27,2)3)15-28(19)36-33(42)30-26(18-40)29(16-35)46-39(30)17-20-9-8-10-25(31(20)45-6)21-11-22(13-24(12-21)38(4)5)32(41)37-47(7,43)44/h8-13,19,23,26-30,40H,14-18,35H2,1-7H3,(H,36,42)(H,37,41)/t19-,23+,26+,27+,28-,29-,30-/m0/s1. The lowest BCUT2D eigenvalue weighted by Crippen LogP contribution is -2.62. The first-order valence-corrected chi connectivity index (χ1v) is 18.0. The quantitative estimate of drug-likeness (QED) is 0.279. The van der Waals surface area contributed by atoms with Gasteiger partial charge in [0.25, 0.3) is 5.91 Å². The molecule has 1 heterocycles. The Morgan fingerprint density at radius 2 is 1.91 bits per heavy atom. The number of fused-ring (bicyclic) bond motifs is 2. The number of carbonyl (C=O) groups is 2. The minimum absolute atomic E-state index is 0.0494. The smallest absolute Gasteiger partial charge is 0.264 e. The van der Waals surface area contributed by atoms with E-state index in [2.05, 4.69) is 26.1 Å². The Morgan fingerprint density at radius 3 is 2.49 bits per heavy atom. The van der Waals surface area contributed by atoms with Gasteiger partial charge in [-0.15, -0.1) is 0 Å². The van der Waals surface area contributed by atoms with Crippen LogP contribution >= 0.6 is 0 Å². The molecule has 2 amide bonds. The largest absolute Gasteiger partial charge is 0.496 e. The maximum atomic E-state index is 14.0. The predicted molar refractivity (Wildman–Crippen MR) is 180 cm³/mol.